The third kappa shape index (κ3) is 3.05. The Kier molecular flexibility index (Phi) is 4.15. The number of rotatable bonds is 5. The maximum atomic E-state index is 12.4. The molecule has 0 radical (unpaired) electrons. The SMILES string of the molecule is CN(Cc1cnn(C)c1)C(=O)CCn1cnc2c(cnn2C)c1=O. The predicted molar refractivity (Wildman–Crippen MR) is 87.1 cm³/mol. The van der Waals surface area contributed by atoms with Crippen molar-refractivity contribution in [1.29, 1.82) is 0 Å². The third-order valence-corrected chi connectivity index (χ3v) is 3.89. The molecular formula is C15H19N7O2. The fraction of sp³-hybridized carbons (Fsp3) is 0.400. The molecule has 0 spiro atoms. The van der Waals surface area contributed by atoms with Crippen LogP contribution in [0.3, 0.4) is 0 Å². The predicted octanol–water partition coefficient (Wildman–Crippen LogP) is -0.0878. The number of aromatic nitrogens is 6. The highest BCUT2D eigenvalue weighted by Gasteiger charge is 2.12. The molecule has 126 valence electrons. The van der Waals surface area contributed by atoms with Gasteiger partial charge in [-0.05, 0) is 0 Å². The van der Waals surface area contributed by atoms with Crippen molar-refractivity contribution in [3.05, 3.63) is 40.8 Å². The Hall–Kier alpha value is -2.97. The van der Waals surface area contributed by atoms with E-state index < -0.39 is 0 Å². The van der Waals surface area contributed by atoms with Crippen LogP contribution in [-0.2, 0) is 32.0 Å². The van der Waals surface area contributed by atoms with Crippen molar-refractivity contribution in [1.82, 2.24) is 34.0 Å². The van der Waals surface area contributed by atoms with Gasteiger partial charge in [-0.15, -0.1) is 0 Å². The highest BCUT2D eigenvalue weighted by atomic mass is 16.2. The van der Waals surface area contributed by atoms with Crippen LogP contribution < -0.4 is 5.56 Å². The van der Waals surface area contributed by atoms with Crippen LogP contribution in [0.5, 0.6) is 0 Å². The number of aryl methyl sites for hydroxylation is 3. The van der Waals surface area contributed by atoms with Crippen LogP contribution in [0, 0.1) is 0 Å². The summed E-state index contributed by atoms with van der Waals surface area (Å²) < 4.78 is 4.69. The lowest BCUT2D eigenvalue weighted by atomic mass is 10.3. The van der Waals surface area contributed by atoms with Crippen molar-refractivity contribution >= 4 is 16.9 Å². The van der Waals surface area contributed by atoms with Crippen LogP contribution in [0.1, 0.15) is 12.0 Å². The van der Waals surface area contributed by atoms with E-state index in [-0.39, 0.29) is 24.4 Å². The minimum Gasteiger partial charge on any atom is -0.341 e. The molecule has 3 aromatic rings. The van der Waals surface area contributed by atoms with E-state index in [2.05, 4.69) is 15.2 Å². The number of amides is 1. The summed E-state index contributed by atoms with van der Waals surface area (Å²) in [5.74, 6) is -0.0444. The number of hydrogen-bond donors (Lipinski definition) is 0. The average Bonchev–Trinajstić information content (AvgIpc) is 3.13. The van der Waals surface area contributed by atoms with Gasteiger partial charge in [0, 0.05) is 52.4 Å². The quantitative estimate of drug-likeness (QED) is 0.652. The highest BCUT2D eigenvalue weighted by Crippen LogP contribution is 2.05. The Morgan fingerprint density at radius 3 is 2.75 bits per heavy atom. The second-order valence-electron chi connectivity index (χ2n) is 5.77. The van der Waals surface area contributed by atoms with Crippen LogP contribution in [0.4, 0.5) is 0 Å². The number of carbonyl (C=O) groups is 1. The zero-order valence-corrected chi connectivity index (χ0v) is 13.9. The molecule has 0 aliphatic rings. The van der Waals surface area contributed by atoms with Crippen LogP contribution in [-0.4, -0.2) is 47.0 Å². The van der Waals surface area contributed by atoms with Gasteiger partial charge in [0.05, 0.1) is 18.7 Å². The lowest BCUT2D eigenvalue weighted by Crippen LogP contribution is -2.29. The summed E-state index contributed by atoms with van der Waals surface area (Å²) in [5.41, 5.74) is 1.32. The Morgan fingerprint density at radius 2 is 2.04 bits per heavy atom. The number of fused-ring (bicyclic) bond motifs is 1. The highest BCUT2D eigenvalue weighted by molar-refractivity contribution is 5.76. The molecule has 3 aromatic heterocycles. The monoisotopic (exact) mass is 329 g/mol. The van der Waals surface area contributed by atoms with Crippen molar-refractivity contribution in [2.24, 2.45) is 14.1 Å². The minimum absolute atomic E-state index is 0.0444. The van der Waals surface area contributed by atoms with E-state index in [0.29, 0.717) is 17.6 Å². The molecule has 9 nitrogen and oxygen atoms in total. The molecule has 0 saturated heterocycles. The number of carbonyl (C=O) groups excluding carboxylic acids is 1. The zero-order chi connectivity index (χ0) is 17.3. The molecule has 0 atom stereocenters. The van der Waals surface area contributed by atoms with Crippen LogP contribution >= 0.6 is 0 Å². The standard InChI is InChI=1S/C15H19N7O2/c1-19(8-11-6-17-20(2)9-11)13(23)4-5-22-10-16-14-12(15(22)24)7-18-21(14)3/h6-7,9-10H,4-5,8H2,1-3H3. The topological polar surface area (TPSA) is 90.8 Å². The van der Waals surface area contributed by atoms with Gasteiger partial charge in [-0.1, -0.05) is 0 Å². The van der Waals surface area contributed by atoms with Crippen molar-refractivity contribution < 1.29 is 4.79 Å². The number of hydrogen-bond acceptors (Lipinski definition) is 5. The second kappa shape index (κ2) is 6.26. The summed E-state index contributed by atoms with van der Waals surface area (Å²) in [5, 5.41) is 8.56. The fourth-order valence-corrected chi connectivity index (χ4v) is 2.55. The smallest absolute Gasteiger partial charge is 0.264 e. The first-order valence-corrected chi connectivity index (χ1v) is 7.54. The second-order valence-corrected chi connectivity index (χ2v) is 5.77. The summed E-state index contributed by atoms with van der Waals surface area (Å²) in [4.78, 5) is 30.5. The van der Waals surface area contributed by atoms with Gasteiger partial charge in [0.25, 0.3) is 5.56 Å². The molecule has 3 heterocycles. The summed E-state index contributed by atoms with van der Waals surface area (Å²) in [7, 11) is 5.30. The molecule has 0 fully saturated rings. The zero-order valence-electron chi connectivity index (χ0n) is 13.9. The van der Waals surface area contributed by atoms with Gasteiger partial charge in [-0.25, -0.2) is 4.98 Å². The average molecular weight is 329 g/mol. The normalized spacial score (nSPS) is 11.1. The molecule has 0 bridgehead atoms. The summed E-state index contributed by atoms with van der Waals surface area (Å²) >= 11 is 0. The lowest BCUT2D eigenvalue weighted by molar-refractivity contribution is -0.130. The van der Waals surface area contributed by atoms with E-state index in [0.717, 1.165) is 5.56 Å². The van der Waals surface area contributed by atoms with Gasteiger partial charge in [-0.2, -0.15) is 10.2 Å². The molecule has 3 rings (SSSR count). The molecule has 9 heteroatoms. The van der Waals surface area contributed by atoms with Gasteiger partial charge in [0.1, 0.15) is 5.39 Å². The first-order chi connectivity index (χ1) is 11.5. The van der Waals surface area contributed by atoms with E-state index in [9.17, 15) is 9.59 Å². The summed E-state index contributed by atoms with van der Waals surface area (Å²) in [6, 6.07) is 0. The number of nitrogens with zero attached hydrogens (tertiary/aromatic N) is 7. The Labute approximate surface area is 138 Å². The molecule has 0 unspecified atom stereocenters. The minimum atomic E-state index is -0.184. The fourth-order valence-electron chi connectivity index (χ4n) is 2.55. The Morgan fingerprint density at radius 1 is 1.25 bits per heavy atom. The van der Waals surface area contributed by atoms with Crippen molar-refractivity contribution in [3.8, 4) is 0 Å². The van der Waals surface area contributed by atoms with Crippen molar-refractivity contribution in [3.63, 3.8) is 0 Å². The molecule has 0 aromatic carbocycles. The van der Waals surface area contributed by atoms with E-state index >= 15 is 0 Å². The first kappa shape index (κ1) is 15.9. The van der Waals surface area contributed by atoms with Crippen LogP contribution in [0.2, 0.25) is 0 Å². The maximum Gasteiger partial charge on any atom is 0.264 e. The Bertz CT molecular complexity index is 937. The van der Waals surface area contributed by atoms with Gasteiger partial charge in [0.2, 0.25) is 5.91 Å². The molecule has 24 heavy (non-hydrogen) atoms. The molecule has 0 aliphatic carbocycles. The van der Waals surface area contributed by atoms with E-state index in [1.54, 1.807) is 34.6 Å². The summed E-state index contributed by atoms with van der Waals surface area (Å²) in [6.07, 6.45) is 6.78. The molecule has 0 aliphatic heterocycles. The molecule has 1 amide bonds. The third-order valence-electron chi connectivity index (χ3n) is 3.89. The van der Waals surface area contributed by atoms with E-state index in [1.807, 2.05) is 13.2 Å². The molecular weight excluding hydrogens is 310 g/mol. The van der Waals surface area contributed by atoms with Crippen molar-refractivity contribution in [2.45, 2.75) is 19.5 Å². The lowest BCUT2D eigenvalue weighted by Gasteiger charge is -2.16. The molecule has 0 saturated carbocycles. The van der Waals surface area contributed by atoms with E-state index in [4.69, 9.17) is 0 Å². The summed E-state index contributed by atoms with van der Waals surface area (Å²) in [6.45, 7) is 0.772. The van der Waals surface area contributed by atoms with Crippen LogP contribution in [0.15, 0.2) is 29.7 Å². The Balaban J connectivity index is 1.65. The van der Waals surface area contributed by atoms with Crippen molar-refractivity contribution in [2.75, 3.05) is 7.05 Å². The van der Waals surface area contributed by atoms with Gasteiger partial charge in [0.15, 0.2) is 5.65 Å². The first-order valence-electron chi connectivity index (χ1n) is 7.54. The largest absolute Gasteiger partial charge is 0.341 e. The molecule has 0 N–H and O–H groups in total. The van der Waals surface area contributed by atoms with Gasteiger partial charge >= 0.3 is 0 Å². The van der Waals surface area contributed by atoms with Gasteiger partial charge in [-0.3, -0.25) is 23.5 Å². The van der Waals surface area contributed by atoms with Gasteiger partial charge < -0.3 is 4.90 Å². The van der Waals surface area contributed by atoms with Crippen LogP contribution in [0.25, 0.3) is 11.0 Å². The van der Waals surface area contributed by atoms with E-state index in [1.165, 1.54) is 17.1 Å². The maximum absolute atomic E-state index is 12.4.